The largest absolute Gasteiger partial charge is 0.292 e. The second kappa shape index (κ2) is 6.71. The molecule has 0 amide bonds. The fourth-order valence-corrected chi connectivity index (χ4v) is 2.52. The molecule has 0 nitrogen and oxygen atoms in total. The predicted molar refractivity (Wildman–Crippen MR) is 53.9 cm³/mol. The van der Waals surface area contributed by atoms with Crippen LogP contribution in [0.25, 0.3) is 0 Å². The summed E-state index contributed by atoms with van der Waals surface area (Å²) in [6.07, 6.45) is 8.23. The quantitative estimate of drug-likeness (QED) is 0.559. The molecule has 0 aromatic heterocycles. The van der Waals surface area contributed by atoms with Gasteiger partial charge in [-0.25, -0.2) is 0 Å². The lowest BCUT2D eigenvalue weighted by atomic mass is 10.2. The van der Waals surface area contributed by atoms with Crippen LogP contribution in [0, 0.1) is 6.92 Å². The van der Waals surface area contributed by atoms with Crippen molar-refractivity contribution in [1.29, 1.82) is 0 Å². The highest BCUT2D eigenvalue weighted by Gasteiger charge is 2.06. The smallest absolute Gasteiger partial charge is 0.135 e. The lowest BCUT2D eigenvalue weighted by Crippen LogP contribution is -2.04. The monoisotopic (exact) mass is 164 g/mol. The van der Waals surface area contributed by atoms with Crippen LogP contribution >= 0.6 is 0 Å². The first-order valence-electron chi connectivity index (χ1n) is 4.24. The van der Waals surface area contributed by atoms with Gasteiger partial charge in [-0.05, 0) is 26.7 Å². The fraction of sp³-hybridized carbons (Fsp3) is 0.500. The molecule has 0 aromatic carbocycles. The van der Waals surface area contributed by atoms with Gasteiger partial charge in [-0.3, -0.25) is 0 Å². The molecule has 0 rings (SSSR count). The molecule has 0 aliphatic rings. The number of rotatable bonds is 4. The van der Waals surface area contributed by atoms with Gasteiger partial charge in [-0.1, -0.05) is 12.2 Å². The molecule has 0 heterocycles. The lowest BCUT2D eigenvalue weighted by molar-refractivity contribution is 1.02. The highest BCUT2D eigenvalue weighted by molar-refractivity contribution is 6.63. The van der Waals surface area contributed by atoms with E-state index in [4.69, 9.17) is 6.92 Å². The molecule has 0 saturated heterocycles. The molecule has 0 unspecified atom stereocenters. The molecule has 60 valence electrons. The van der Waals surface area contributed by atoms with Crippen molar-refractivity contribution in [2.45, 2.75) is 31.3 Å². The number of hydrogen-bond acceptors (Lipinski definition) is 0. The van der Waals surface area contributed by atoms with Crippen LogP contribution in [0.5, 0.6) is 0 Å². The van der Waals surface area contributed by atoms with E-state index in [1.165, 1.54) is 6.42 Å². The van der Waals surface area contributed by atoms with E-state index in [1.807, 2.05) is 6.08 Å². The predicted octanol–water partition coefficient (Wildman–Crippen LogP) is 3.27. The molecule has 1 heteroatoms. The molecule has 2 radical (unpaired) electrons. The summed E-state index contributed by atoms with van der Waals surface area (Å²) in [6, 6.07) is 0. The summed E-state index contributed by atoms with van der Waals surface area (Å²) in [7, 11) is 0. The standard InChI is InChI=1S/C8H11.2CH3.Al/c1-3-5-7-8-6-4-2;;;/h1,3-5H,7-8H2,2H3;2*1H3;/b5-3+,6-4?;;;. The van der Waals surface area contributed by atoms with Crippen molar-refractivity contribution in [1.82, 2.24) is 0 Å². The van der Waals surface area contributed by atoms with E-state index in [9.17, 15) is 0 Å². The minimum Gasteiger partial charge on any atom is -0.135 e. The Labute approximate surface area is 75.4 Å². The molecule has 0 fully saturated rings. The van der Waals surface area contributed by atoms with Gasteiger partial charge >= 0.3 is 0 Å². The number of allylic oxidation sites excluding steroid dienone is 4. The van der Waals surface area contributed by atoms with Gasteiger partial charge in [0.1, 0.15) is 0 Å². The summed E-state index contributed by atoms with van der Waals surface area (Å²) < 4.78 is 1.66. The van der Waals surface area contributed by atoms with Gasteiger partial charge in [0.2, 0.25) is 0 Å². The van der Waals surface area contributed by atoms with Gasteiger partial charge < -0.3 is 0 Å². The van der Waals surface area contributed by atoms with Gasteiger partial charge in [-0.2, -0.15) is 0 Å². The zero-order valence-electron chi connectivity index (χ0n) is 7.80. The summed E-state index contributed by atoms with van der Waals surface area (Å²) in [5.74, 6) is 4.73. The summed E-state index contributed by atoms with van der Waals surface area (Å²) in [6.45, 7) is 7.38. The maximum absolute atomic E-state index is 5.24. The highest BCUT2D eigenvalue weighted by Crippen LogP contribution is 2.09. The van der Waals surface area contributed by atoms with Crippen LogP contribution in [-0.2, 0) is 0 Å². The lowest BCUT2D eigenvalue weighted by Gasteiger charge is -2.04. The van der Waals surface area contributed by atoms with Crippen LogP contribution < -0.4 is 0 Å². The van der Waals surface area contributed by atoms with Gasteiger partial charge in [0.15, 0.2) is 0 Å². The van der Waals surface area contributed by atoms with Gasteiger partial charge in [-0.15, -0.1) is 22.1 Å². The molecular weight excluding hydrogens is 147 g/mol. The Kier molecular flexibility index (Phi) is 6.71. The van der Waals surface area contributed by atoms with Crippen molar-refractivity contribution in [3.8, 4) is 0 Å². The molecule has 0 atom stereocenters. The van der Waals surface area contributed by atoms with Gasteiger partial charge in [0, 0.05) is 0 Å². The molecule has 0 N–H and O–H groups in total. The Morgan fingerprint density at radius 2 is 2.09 bits per heavy atom. The third-order valence-corrected chi connectivity index (χ3v) is 3.95. The normalized spacial score (nSPS) is 12.5. The first kappa shape index (κ1) is 11.0. The summed E-state index contributed by atoms with van der Waals surface area (Å²) in [5, 5.41) is 0. The fourth-order valence-electron chi connectivity index (χ4n) is 1.11. The molecule has 0 aliphatic carbocycles. The minimum atomic E-state index is -0.542. The highest BCUT2D eigenvalue weighted by atomic mass is 27.2. The Bertz CT molecular complexity index is 143. The van der Waals surface area contributed by atoms with Crippen molar-refractivity contribution in [3.63, 3.8) is 0 Å². The first-order valence-corrected chi connectivity index (χ1v) is 7.12. The van der Waals surface area contributed by atoms with Crippen molar-refractivity contribution in [2.24, 2.45) is 0 Å². The van der Waals surface area contributed by atoms with Crippen LogP contribution in [0.2, 0.25) is 11.6 Å². The summed E-state index contributed by atoms with van der Waals surface area (Å²) >= 11 is -0.542. The van der Waals surface area contributed by atoms with Crippen LogP contribution in [0.1, 0.15) is 19.8 Å². The molecule has 0 saturated carbocycles. The third-order valence-electron chi connectivity index (χ3n) is 1.85. The zero-order valence-corrected chi connectivity index (χ0v) is 8.96. The molecule has 11 heavy (non-hydrogen) atoms. The first-order chi connectivity index (χ1) is 5.22. The molecular formula is C10H17Al. The average Bonchev–Trinajstić information content (AvgIpc) is 1.97. The van der Waals surface area contributed by atoms with E-state index < -0.39 is 14.1 Å². The van der Waals surface area contributed by atoms with Gasteiger partial charge in [0.05, 0.1) is 0 Å². The summed E-state index contributed by atoms with van der Waals surface area (Å²) in [5.41, 5.74) is 0. The van der Waals surface area contributed by atoms with Crippen molar-refractivity contribution < 1.29 is 0 Å². The average molecular weight is 164 g/mol. The Morgan fingerprint density at radius 1 is 1.45 bits per heavy atom. The van der Waals surface area contributed by atoms with Crippen LogP contribution in [0.3, 0.4) is 0 Å². The number of hydrogen-bond donors (Lipinski definition) is 0. The van der Waals surface area contributed by atoms with Crippen molar-refractivity contribution in [3.05, 3.63) is 29.6 Å². The van der Waals surface area contributed by atoms with Crippen molar-refractivity contribution in [2.75, 3.05) is 0 Å². The second-order valence-electron chi connectivity index (χ2n) is 2.99. The van der Waals surface area contributed by atoms with E-state index in [2.05, 4.69) is 24.6 Å². The Balaban J connectivity index is 3.72. The Morgan fingerprint density at radius 3 is 2.45 bits per heavy atom. The molecule has 0 aliphatic heterocycles. The Hall–Kier alpha value is 0.0125. The maximum atomic E-state index is 5.24. The second-order valence-corrected chi connectivity index (χ2v) is 6.04. The SMILES string of the molecule is [CH]/C=C/CC/[C](=C/C)[Al]([CH3])[CH3]. The van der Waals surface area contributed by atoms with Gasteiger partial charge in [0.25, 0.3) is 14.1 Å². The minimum absolute atomic E-state index is 0.542. The van der Waals surface area contributed by atoms with E-state index in [0.717, 1.165) is 6.42 Å². The third kappa shape index (κ3) is 5.30. The maximum Gasteiger partial charge on any atom is 0.292 e. The molecule has 0 spiro atoms. The van der Waals surface area contributed by atoms with E-state index >= 15 is 0 Å². The van der Waals surface area contributed by atoms with Crippen LogP contribution in [0.4, 0.5) is 0 Å². The van der Waals surface area contributed by atoms with Crippen molar-refractivity contribution >= 4 is 14.1 Å². The van der Waals surface area contributed by atoms with E-state index in [1.54, 1.807) is 10.5 Å². The summed E-state index contributed by atoms with van der Waals surface area (Å²) in [4.78, 5) is 0. The van der Waals surface area contributed by atoms with E-state index in [0.29, 0.717) is 0 Å². The van der Waals surface area contributed by atoms with E-state index in [-0.39, 0.29) is 0 Å². The van der Waals surface area contributed by atoms with Crippen LogP contribution in [0.15, 0.2) is 22.7 Å². The molecule has 0 bridgehead atoms. The topological polar surface area (TPSA) is 0 Å². The zero-order chi connectivity index (χ0) is 8.69. The van der Waals surface area contributed by atoms with Crippen LogP contribution in [-0.4, -0.2) is 14.1 Å². The molecule has 0 aromatic rings.